The van der Waals surface area contributed by atoms with Crippen molar-refractivity contribution in [3.8, 4) is 6.07 Å². The van der Waals surface area contributed by atoms with E-state index in [2.05, 4.69) is 0 Å². The van der Waals surface area contributed by atoms with Crippen molar-refractivity contribution in [1.29, 1.82) is 5.26 Å². The largest absolute Gasteiger partial charge is 0.304 e. The number of para-hydroxylation sites is 1. The maximum atomic E-state index is 13.2. The van der Waals surface area contributed by atoms with Gasteiger partial charge in [0.15, 0.2) is 0 Å². The first-order valence-electron chi connectivity index (χ1n) is 7.70. The van der Waals surface area contributed by atoms with Crippen LogP contribution in [0.5, 0.6) is 0 Å². The van der Waals surface area contributed by atoms with E-state index in [4.69, 9.17) is 5.26 Å². The first-order chi connectivity index (χ1) is 11.4. The van der Waals surface area contributed by atoms with Crippen molar-refractivity contribution < 1.29 is 8.42 Å². The number of likely N-dealkylation sites (N-methyl/N-ethyl adjacent to an activating group) is 1. The first-order valence-corrected chi connectivity index (χ1v) is 9.14. The Labute approximate surface area is 142 Å². The molecule has 0 aromatic heterocycles. The summed E-state index contributed by atoms with van der Waals surface area (Å²) in [6.07, 6.45) is 0.813. The molecule has 1 atom stereocenters. The van der Waals surface area contributed by atoms with Gasteiger partial charge in [0.1, 0.15) is 0 Å². The smallest absolute Gasteiger partial charge is 0.264 e. The van der Waals surface area contributed by atoms with Crippen molar-refractivity contribution in [3.63, 3.8) is 0 Å². The molecule has 0 fully saturated rings. The molecule has 124 valence electrons. The Hall–Kier alpha value is -2.36. The number of benzene rings is 2. The summed E-state index contributed by atoms with van der Waals surface area (Å²) in [5.74, 6) is 0. The third-order valence-corrected chi connectivity index (χ3v) is 6.15. The second-order valence-corrected chi connectivity index (χ2v) is 7.99. The molecule has 0 bridgehead atoms. The molecule has 0 saturated carbocycles. The summed E-state index contributed by atoms with van der Waals surface area (Å²) in [6, 6.07) is 15.9. The highest BCUT2D eigenvalue weighted by Crippen LogP contribution is 2.33. The number of nitrogens with zero attached hydrogens (tertiary/aromatic N) is 3. The molecular formula is C18H19N3O2S. The number of anilines is 1. The monoisotopic (exact) mass is 341 g/mol. The van der Waals surface area contributed by atoms with Crippen LogP contribution in [-0.4, -0.2) is 40.0 Å². The highest BCUT2D eigenvalue weighted by atomic mass is 32.2. The highest BCUT2D eigenvalue weighted by Gasteiger charge is 2.33. The summed E-state index contributed by atoms with van der Waals surface area (Å²) in [5.41, 5.74) is 2.07. The van der Waals surface area contributed by atoms with Gasteiger partial charge in [-0.2, -0.15) is 5.26 Å². The topological polar surface area (TPSA) is 64.4 Å². The van der Waals surface area contributed by atoms with Gasteiger partial charge in [-0.15, -0.1) is 0 Å². The Morgan fingerprint density at radius 1 is 1.17 bits per heavy atom. The van der Waals surface area contributed by atoms with Gasteiger partial charge < -0.3 is 4.90 Å². The second-order valence-electron chi connectivity index (χ2n) is 6.13. The quantitative estimate of drug-likeness (QED) is 0.859. The molecule has 0 radical (unpaired) electrons. The van der Waals surface area contributed by atoms with Crippen molar-refractivity contribution >= 4 is 15.7 Å². The highest BCUT2D eigenvalue weighted by molar-refractivity contribution is 7.92. The van der Waals surface area contributed by atoms with Crippen LogP contribution in [0.15, 0.2) is 53.4 Å². The molecule has 0 unspecified atom stereocenters. The number of nitriles is 1. The van der Waals surface area contributed by atoms with Crippen LogP contribution in [0.3, 0.4) is 0 Å². The maximum absolute atomic E-state index is 13.2. The predicted molar refractivity (Wildman–Crippen MR) is 93.3 cm³/mol. The third kappa shape index (κ3) is 2.88. The normalized spacial score (nSPS) is 17.4. The van der Waals surface area contributed by atoms with E-state index in [1.807, 2.05) is 49.3 Å². The minimum atomic E-state index is -3.72. The van der Waals surface area contributed by atoms with Crippen LogP contribution in [0.2, 0.25) is 0 Å². The van der Waals surface area contributed by atoms with Gasteiger partial charge in [-0.1, -0.05) is 24.3 Å². The number of sulfonamides is 1. The molecule has 2 aromatic carbocycles. The summed E-state index contributed by atoms with van der Waals surface area (Å²) in [5, 5.41) is 9.05. The lowest BCUT2D eigenvalue weighted by molar-refractivity contribution is 0.293. The first kappa shape index (κ1) is 16.5. The Morgan fingerprint density at radius 3 is 2.62 bits per heavy atom. The Kier molecular flexibility index (Phi) is 4.31. The van der Waals surface area contributed by atoms with Gasteiger partial charge in [-0.25, -0.2) is 8.42 Å². The third-order valence-electron chi connectivity index (χ3n) is 4.37. The van der Waals surface area contributed by atoms with Gasteiger partial charge in [-0.3, -0.25) is 4.31 Å². The van der Waals surface area contributed by atoms with Gasteiger partial charge in [0, 0.05) is 6.04 Å². The van der Waals surface area contributed by atoms with Gasteiger partial charge in [0.2, 0.25) is 0 Å². The lowest BCUT2D eigenvalue weighted by Gasteiger charge is -2.38. The van der Waals surface area contributed by atoms with Crippen LogP contribution in [-0.2, 0) is 16.4 Å². The molecule has 2 aromatic rings. The molecule has 0 aliphatic carbocycles. The molecule has 6 heteroatoms. The van der Waals surface area contributed by atoms with E-state index in [-0.39, 0.29) is 10.9 Å². The van der Waals surface area contributed by atoms with E-state index >= 15 is 0 Å². The zero-order chi connectivity index (χ0) is 17.3. The van der Waals surface area contributed by atoms with Crippen LogP contribution in [0, 0.1) is 11.3 Å². The fraction of sp³-hybridized carbons (Fsp3) is 0.278. The molecule has 1 aliphatic rings. The summed E-state index contributed by atoms with van der Waals surface area (Å²) >= 11 is 0. The molecule has 1 heterocycles. The predicted octanol–water partition coefficient (Wildman–Crippen LogP) is 2.24. The Bertz CT molecular complexity index is 900. The van der Waals surface area contributed by atoms with E-state index in [0.717, 1.165) is 17.7 Å². The standard InChI is InChI=1S/C18H19N3O2S/c1-20(2)16-11-15-7-3-4-9-18(15)21(13-16)24(22,23)17-8-5-6-14(10-17)12-19/h3-10,16H,11,13H2,1-2H3/t16-/m1/s1. The van der Waals surface area contributed by atoms with Crippen LogP contribution in [0.4, 0.5) is 5.69 Å². The van der Waals surface area contributed by atoms with Crippen LogP contribution >= 0.6 is 0 Å². The molecule has 1 aliphatic heterocycles. The number of rotatable bonds is 3. The molecule has 0 saturated heterocycles. The minimum Gasteiger partial charge on any atom is -0.304 e. The lowest BCUT2D eigenvalue weighted by Crippen LogP contribution is -2.48. The summed E-state index contributed by atoms with van der Waals surface area (Å²) in [7, 11) is 0.197. The molecular weight excluding hydrogens is 322 g/mol. The number of fused-ring (bicyclic) bond motifs is 1. The Morgan fingerprint density at radius 2 is 1.92 bits per heavy atom. The molecule has 24 heavy (non-hydrogen) atoms. The van der Waals surface area contributed by atoms with Crippen molar-refractivity contribution in [2.45, 2.75) is 17.4 Å². The minimum absolute atomic E-state index is 0.105. The molecule has 5 nitrogen and oxygen atoms in total. The van der Waals surface area contributed by atoms with E-state index in [0.29, 0.717) is 12.1 Å². The van der Waals surface area contributed by atoms with Crippen LogP contribution in [0.1, 0.15) is 11.1 Å². The number of hydrogen-bond donors (Lipinski definition) is 0. The van der Waals surface area contributed by atoms with Gasteiger partial charge in [0.25, 0.3) is 10.0 Å². The average molecular weight is 341 g/mol. The average Bonchev–Trinajstić information content (AvgIpc) is 2.60. The zero-order valence-electron chi connectivity index (χ0n) is 13.7. The lowest BCUT2D eigenvalue weighted by atomic mass is 9.99. The summed E-state index contributed by atoms with van der Waals surface area (Å²) < 4.78 is 27.8. The fourth-order valence-corrected chi connectivity index (χ4v) is 4.55. The van der Waals surface area contributed by atoms with Gasteiger partial charge >= 0.3 is 0 Å². The summed E-state index contributed by atoms with van der Waals surface area (Å²) in [4.78, 5) is 2.19. The van der Waals surface area contributed by atoms with Gasteiger partial charge in [0.05, 0.1) is 28.8 Å². The molecule has 0 amide bonds. The van der Waals surface area contributed by atoms with Crippen molar-refractivity contribution in [3.05, 3.63) is 59.7 Å². The molecule has 0 N–H and O–H groups in total. The van der Waals surface area contributed by atoms with E-state index in [1.165, 1.54) is 16.4 Å². The SMILES string of the molecule is CN(C)[C@@H]1Cc2ccccc2N(S(=O)(=O)c2cccc(C#N)c2)C1. The van der Waals surface area contributed by atoms with Crippen molar-refractivity contribution in [2.75, 3.05) is 24.9 Å². The zero-order valence-corrected chi connectivity index (χ0v) is 14.5. The van der Waals surface area contributed by atoms with Crippen LogP contribution in [0.25, 0.3) is 0 Å². The molecule has 3 rings (SSSR count). The number of hydrogen-bond acceptors (Lipinski definition) is 4. The second kappa shape index (κ2) is 6.27. The Balaban J connectivity index is 2.11. The van der Waals surface area contributed by atoms with Gasteiger partial charge in [-0.05, 0) is 50.3 Å². The van der Waals surface area contributed by atoms with E-state index < -0.39 is 10.0 Å². The van der Waals surface area contributed by atoms with Crippen LogP contribution < -0.4 is 4.31 Å². The van der Waals surface area contributed by atoms with E-state index in [1.54, 1.807) is 12.1 Å². The van der Waals surface area contributed by atoms with E-state index in [9.17, 15) is 8.42 Å². The maximum Gasteiger partial charge on any atom is 0.264 e. The molecule has 0 spiro atoms. The summed E-state index contributed by atoms with van der Waals surface area (Å²) in [6.45, 7) is 0.392. The fourth-order valence-electron chi connectivity index (χ4n) is 2.96. The van der Waals surface area contributed by atoms with Crippen molar-refractivity contribution in [2.24, 2.45) is 0 Å². The van der Waals surface area contributed by atoms with Crippen molar-refractivity contribution in [1.82, 2.24) is 4.90 Å².